The number of carbonyl (C=O) groups is 2. The van der Waals surface area contributed by atoms with E-state index in [4.69, 9.17) is 0 Å². The van der Waals surface area contributed by atoms with Gasteiger partial charge in [-0.15, -0.1) is 0 Å². The highest BCUT2D eigenvalue weighted by Crippen LogP contribution is 2.45. The Morgan fingerprint density at radius 1 is 0.828 bits per heavy atom. The summed E-state index contributed by atoms with van der Waals surface area (Å²) in [5, 5.41) is 0. The molecule has 1 heterocycles. The van der Waals surface area contributed by atoms with Crippen LogP contribution in [0.25, 0.3) is 0 Å². The van der Waals surface area contributed by atoms with Crippen LogP contribution in [0.3, 0.4) is 0 Å². The van der Waals surface area contributed by atoms with Crippen molar-refractivity contribution in [3.05, 3.63) is 71.3 Å². The second-order valence-corrected chi connectivity index (χ2v) is 8.66. The second kappa shape index (κ2) is 8.02. The molecule has 1 saturated carbocycles. The minimum Gasteiger partial charge on any atom is -0.338 e. The zero-order valence-corrected chi connectivity index (χ0v) is 17.4. The molecule has 2 aromatic carbocycles. The summed E-state index contributed by atoms with van der Waals surface area (Å²) in [5.74, 6) is 0.759. The van der Waals surface area contributed by atoms with Crippen molar-refractivity contribution >= 4 is 11.8 Å². The maximum atomic E-state index is 13.4. The van der Waals surface area contributed by atoms with Gasteiger partial charge in [-0.25, -0.2) is 0 Å². The largest absolute Gasteiger partial charge is 0.338 e. The lowest BCUT2D eigenvalue weighted by molar-refractivity contribution is -0.142. The Kier molecular flexibility index (Phi) is 5.44. The molecule has 0 atom stereocenters. The summed E-state index contributed by atoms with van der Waals surface area (Å²) >= 11 is 0. The van der Waals surface area contributed by atoms with E-state index in [1.165, 1.54) is 5.56 Å². The van der Waals surface area contributed by atoms with Gasteiger partial charge in [-0.1, -0.05) is 62.7 Å². The van der Waals surface area contributed by atoms with Gasteiger partial charge in [0.15, 0.2) is 0 Å². The van der Waals surface area contributed by atoms with Gasteiger partial charge < -0.3 is 9.80 Å². The first-order chi connectivity index (χ1) is 14.0. The number of nitrogens with zero attached hydrogens (tertiary/aromatic N) is 2. The average Bonchev–Trinajstić information content (AvgIpc) is 2.73. The predicted molar refractivity (Wildman–Crippen MR) is 115 cm³/mol. The number of carbonyl (C=O) groups excluding carboxylic acids is 2. The van der Waals surface area contributed by atoms with Crippen LogP contribution in [0.4, 0.5) is 0 Å². The van der Waals surface area contributed by atoms with Crippen molar-refractivity contribution in [2.24, 2.45) is 0 Å². The van der Waals surface area contributed by atoms with Gasteiger partial charge in [0.25, 0.3) is 5.91 Å². The molecule has 0 radical (unpaired) electrons. The maximum Gasteiger partial charge on any atom is 0.253 e. The molecule has 2 amide bonds. The quantitative estimate of drug-likeness (QED) is 0.784. The summed E-state index contributed by atoms with van der Waals surface area (Å²) < 4.78 is 0. The Hall–Kier alpha value is -2.62. The second-order valence-electron chi connectivity index (χ2n) is 8.66. The fraction of sp³-hybridized carbons (Fsp3) is 0.440. The molecule has 0 N–H and O–H groups in total. The number of benzene rings is 2. The van der Waals surface area contributed by atoms with Crippen molar-refractivity contribution in [2.75, 3.05) is 26.2 Å². The number of hydrogen-bond donors (Lipinski definition) is 0. The number of rotatable bonds is 4. The summed E-state index contributed by atoms with van der Waals surface area (Å²) in [7, 11) is 0. The molecule has 0 spiro atoms. The molecule has 0 unspecified atom stereocenters. The first-order valence-electron chi connectivity index (χ1n) is 10.8. The summed E-state index contributed by atoms with van der Waals surface area (Å²) in [6.07, 6.45) is 2.96. The molecule has 4 nitrogen and oxygen atoms in total. The molecule has 152 valence electrons. The van der Waals surface area contributed by atoms with Gasteiger partial charge in [0.1, 0.15) is 0 Å². The van der Waals surface area contributed by atoms with Crippen molar-refractivity contribution in [1.82, 2.24) is 9.80 Å². The highest BCUT2D eigenvalue weighted by molar-refractivity contribution is 5.94. The van der Waals surface area contributed by atoms with E-state index in [0.29, 0.717) is 32.1 Å². The zero-order chi connectivity index (χ0) is 20.4. The van der Waals surface area contributed by atoms with Crippen LogP contribution >= 0.6 is 0 Å². The van der Waals surface area contributed by atoms with Crippen LogP contribution in [-0.2, 0) is 10.2 Å². The molecule has 0 aromatic heterocycles. The Morgan fingerprint density at radius 2 is 1.41 bits per heavy atom. The number of amides is 2. The van der Waals surface area contributed by atoms with Crippen LogP contribution in [0.5, 0.6) is 0 Å². The number of piperazine rings is 1. The molecular formula is C25H30N2O2. The molecule has 2 fully saturated rings. The van der Waals surface area contributed by atoms with E-state index in [2.05, 4.69) is 26.0 Å². The van der Waals surface area contributed by atoms with Crippen LogP contribution in [0.15, 0.2) is 54.6 Å². The standard InChI is InChI=1S/C25H30N2O2/c1-19(2)20-9-11-21(12-10-20)23(28)26-15-17-27(18-16-26)24(29)25(13-6-14-25)22-7-4-3-5-8-22/h3-5,7-12,19H,6,13-18H2,1-2H3. The highest BCUT2D eigenvalue weighted by atomic mass is 16.2. The Balaban J connectivity index is 1.40. The third-order valence-corrected chi connectivity index (χ3v) is 6.62. The van der Waals surface area contributed by atoms with Gasteiger partial charge in [-0.2, -0.15) is 0 Å². The molecular weight excluding hydrogens is 360 g/mol. The van der Waals surface area contributed by atoms with Crippen LogP contribution in [0.1, 0.15) is 60.5 Å². The van der Waals surface area contributed by atoms with Crippen LogP contribution in [0, 0.1) is 0 Å². The highest BCUT2D eigenvalue weighted by Gasteiger charge is 2.48. The van der Waals surface area contributed by atoms with Gasteiger partial charge >= 0.3 is 0 Å². The zero-order valence-electron chi connectivity index (χ0n) is 17.4. The smallest absolute Gasteiger partial charge is 0.253 e. The summed E-state index contributed by atoms with van der Waals surface area (Å²) in [6, 6.07) is 18.1. The van der Waals surface area contributed by atoms with Crippen molar-refractivity contribution in [3.63, 3.8) is 0 Å². The van der Waals surface area contributed by atoms with Crippen molar-refractivity contribution in [2.45, 2.75) is 44.4 Å². The molecule has 29 heavy (non-hydrogen) atoms. The molecule has 0 bridgehead atoms. The topological polar surface area (TPSA) is 40.6 Å². The summed E-state index contributed by atoms with van der Waals surface area (Å²) in [4.78, 5) is 30.1. The van der Waals surface area contributed by atoms with E-state index in [0.717, 1.165) is 30.4 Å². The Labute approximate surface area is 173 Å². The predicted octanol–water partition coefficient (Wildman–Crippen LogP) is 4.22. The number of hydrogen-bond acceptors (Lipinski definition) is 2. The van der Waals surface area contributed by atoms with E-state index in [-0.39, 0.29) is 17.2 Å². The molecule has 2 aromatic rings. The average molecular weight is 391 g/mol. The summed E-state index contributed by atoms with van der Waals surface area (Å²) in [6.45, 7) is 6.73. The van der Waals surface area contributed by atoms with E-state index in [9.17, 15) is 9.59 Å². The fourth-order valence-corrected chi connectivity index (χ4v) is 4.52. The van der Waals surface area contributed by atoms with Crippen molar-refractivity contribution in [1.29, 1.82) is 0 Å². The van der Waals surface area contributed by atoms with Crippen LogP contribution in [0.2, 0.25) is 0 Å². The van der Waals surface area contributed by atoms with Gasteiger partial charge in [0.05, 0.1) is 5.41 Å². The van der Waals surface area contributed by atoms with E-state index < -0.39 is 0 Å². The monoisotopic (exact) mass is 390 g/mol. The van der Waals surface area contributed by atoms with E-state index >= 15 is 0 Å². The van der Waals surface area contributed by atoms with Gasteiger partial charge in [0.2, 0.25) is 5.91 Å². The molecule has 1 aliphatic heterocycles. The first kappa shape index (κ1) is 19.7. The lowest BCUT2D eigenvalue weighted by Crippen LogP contribution is -2.57. The lowest BCUT2D eigenvalue weighted by Gasteiger charge is -2.46. The van der Waals surface area contributed by atoms with Gasteiger partial charge in [-0.3, -0.25) is 9.59 Å². The first-order valence-corrected chi connectivity index (χ1v) is 10.8. The van der Waals surface area contributed by atoms with Crippen molar-refractivity contribution in [3.8, 4) is 0 Å². The molecule has 2 aliphatic rings. The molecule has 1 aliphatic carbocycles. The van der Waals surface area contributed by atoms with E-state index in [1.807, 2.05) is 52.3 Å². The fourth-order valence-electron chi connectivity index (χ4n) is 4.52. The normalized spacial score (nSPS) is 18.4. The third kappa shape index (κ3) is 3.68. The minimum absolute atomic E-state index is 0.0637. The Morgan fingerprint density at radius 3 is 1.93 bits per heavy atom. The maximum absolute atomic E-state index is 13.4. The van der Waals surface area contributed by atoms with Crippen LogP contribution in [-0.4, -0.2) is 47.8 Å². The molecule has 1 saturated heterocycles. The van der Waals surface area contributed by atoms with E-state index in [1.54, 1.807) is 0 Å². The molecule has 4 heteroatoms. The lowest BCUT2D eigenvalue weighted by atomic mass is 9.63. The van der Waals surface area contributed by atoms with Gasteiger partial charge in [0, 0.05) is 31.7 Å². The SMILES string of the molecule is CC(C)c1ccc(C(=O)N2CCN(C(=O)C3(c4ccccc4)CCC3)CC2)cc1. The molecule has 4 rings (SSSR count). The summed E-state index contributed by atoms with van der Waals surface area (Å²) in [5.41, 5.74) is 2.76. The van der Waals surface area contributed by atoms with Gasteiger partial charge in [-0.05, 0) is 42.0 Å². The third-order valence-electron chi connectivity index (χ3n) is 6.62. The minimum atomic E-state index is -0.347. The Bertz CT molecular complexity index is 861. The van der Waals surface area contributed by atoms with Crippen molar-refractivity contribution < 1.29 is 9.59 Å². The van der Waals surface area contributed by atoms with Crippen LogP contribution < -0.4 is 0 Å².